The molecule has 0 saturated heterocycles. The smallest absolute Gasteiger partial charge is 0.291 e. The first-order chi connectivity index (χ1) is 10.0. The molecule has 5 heteroatoms. The van der Waals surface area contributed by atoms with E-state index < -0.39 is 0 Å². The molecule has 106 valence electrons. The van der Waals surface area contributed by atoms with Gasteiger partial charge in [-0.05, 0) is 37.3 Å². The zero-order valence-corrected chi connectivity index (χ0v) is 12.1. The van der Waals surface area contributed by atoms with Gasteiger partial charge in [0, 0.05) is 5.39 Å². The van der Waals surface area contributed by atoms with Crippen molar-refractivity contribution in [2.75, 3.05) is 11.1 Å². The van der Waals surface area contributed by atoms with Crippen LogP contribution in [0, 0.1) is 6.92 Å². The van der Waals surface area contributed by atoms with Gasteiger partial charge in [-0.2, -0.15) is 0 Å². The zero-order valence-electron chi connectivity index (χ0n) is 11.3. The van der Waals surface area contributed by atoms with Crippen molar-refractivity contribution in [1.82, 2.24) is 0 Å². The fourth-order valence-corrected chi connectivity index (χ4v) is 2.35. The molecule has 0 aliphatic heterocycles. The first-order valence-electron chi connectivity index (χ1n) is 6.40. The molecule has 1 amide bonds. The van der Waals surface area contributed by atoms with E-state index in [9.17, 15) is 4.79 Å². The largest absolute Gasteiger partial charge is 0.451 e. The summed E-state index contributed by atoms with van der Waals surface area (Å²) in [4.78, 5) is 12.3. The molecule has 0 spiro atoms. The highest BCUT2D eigenvalue weighted by molar-refractivity contribution is 6.34. The Labute approximate surface area is 126 Å². The SMILES string of the molecule is Cc1ccc2oc(C(=O)Nc3c(N)cccc3Cl)cc2c1. The molecule has 0 bridgehead atoms. The Kier molecular flexibility index (Phi) is 3.31. The Balaban J connectivity index is 1.94. The number of hydrogen-bond donors (Lipinski definition) is 2. The molecule has 0 saturated carbocycles. The fourth-order valence-electron chi connectivity index (χ4n) is 2.12. The second-order valence-corrected chi connectivity index (χ2v) is 5.22. The van der Waals surface area contributed by atoms with Gasteiger partial charge in [0.15, 0.2) is 5.76 Å². The van der Waals surface area contributed by atoms with Crippen LogP contribution in [0.5, 0.6) is 0 Å². The summed E-state index contributed by atoms with van der Waals surface area (Å²) in [5.74, 6) is -0.168. The van der Waals surface area contributed by atoms with Gasteiger partial charge >= 0.3 is 0 Å². The maximum absolute atomic E-state index is 12.3. The van der Waals surface area contributed by atoms with Gasteiger partial charge in [0.2, 0.25) is 0 Å². The van der Waals surface area contributed by atoms with Crippen LogP contribution in [0.2, 0.25) is 5.02 Å². The summed E-state index contributed by atoms with van der Waals surface area (Å²) in [7, 11) is 0. The van der Waals surface area contributed by atoms with Crippen LogP contribution >= 0.6 is 11.6 Å². The van der Waals surface area contributed by atoms with Gasteiger partial charge in [0.25, 0.3) is 5.91 Å². The van der Waals surface area contributed by atoms with Crippen LogP contribution < -0.4 is 11.1 Å². The van der Waals surface area contributed by atoms with Crippen LogP contribution in [-0.4, -0.2) is 5.91 Å². The first kappa shape index (κ1) is 13.5. The molecular weight excluding hydrogens is 288 g/mol. The summed E-state index contributed by atoms with van der Waals surface area (Å²) in [6.07, 6.45) is 0. The number of nitrogens with one attached hydrogen (secondary N) is 1. The van der Waals surface area contributed by atoms with Crippen molar-refractivity contribution < 1.29 is 9.21 Å². The van der Waals surface area contributed by atoms with Crippen LogP contribution in [-0.2, 0) is 0 Å². The lowest BCUT2D eigenvalue weighted by Crippen LogP contribution is -2.12. The van der Waals surface area contributed by atoms with E-state index in [1.807, 2.05) is 25.1 Å². The highest BCUT2D eigenvalue weighted by Gasteiger charge is 2.15. The normalized spacial score (nSPS) is 10.8. The summed E-state index contributed by atoms with van der Waals surface area (Å²) >= 11 is 6.04. The first-order valence-corrected chi connectivity index (χ1v) is 6.78. The van der Waals surface area contributed by atoms with Gasteiger partial charge in [0.05, 0.1) is 16.4 Å². The average Bonchev–Trinajstić information content (AvgIpc) is 2.86. The summed E-state index contributed by atoms with van der Waals surface area (Å²) in [6, 6.07) is 12.5. The van der Waals surface area contributed by atoms with E-state index in [2.05, 4.69) is 5.32 Å². The number of rotatable bonds is 2. The molecule has 0 unspecified atom stereocenters. The van der Waals surface area contributed by atoms with E-state index in [0.717, 1.165) is 10.9 Å². The molecule has 21 heavy (non-hydrogen) atoms. The number of anilines is 2. The van der Waals surface area contributed by atoms with E-state index in [-0.39, 0.29) is 11.7 Å². The van der Waals surface area contributed by atoms with Crippen LogP contribution in [0.15, 0.2) is 46.9 Å². The maximum Gasteiger partial charge on any atom is 0.291 e. The molecule has 2 aromatic carbocycles. The summed E-state index contributed by atoms with van der Waals surface area (Å²) in [5.41, 5.74) is 8.38. The summed E-state index contributed by atoms with van der Waals surface area (Å²) in [6.45, 7) is 1.98. The van der Waals surface area contributed by atoms with Gasteiger partial charge in [-0.1, -0.05) is 29.3 Å². The molecule has 0 fully saturated rings. The van der Waals surface area contributed by atoms with Gasteiger partial charge in [-0.25, -0.2) is 0 Å². The van der Waals surface area contributed by atoms with E-state index >= 15 is 0 Å². The van der Waals surface area contributed by atoms with Gasteiger partial charge in [-0.15, -0.1) is 0 Å². The van der Waals surface area contributed by atoms with E-state index in [4.69, 9.17) is 21.8 Å². The van der Waals surface area contributed by atoms with Crippen LogP contribution in [0.25, 0.3) is 11.0 Å². The van der Waals surface area contributed by atoms with Crippen molar-refractivity contribution >= 4 is 39.9 Å². The quantitative estimate of drug-likeness (QED) is 0.696. The minimum absolute atomic E-state index is 0.218. The molecule has 3 aromatic rings. The van der Waals surface area contributed by atoms with Crippen molar-refractivity contribution in [2.24, 2.45) is 0 Å². The Morgan fingerprint density at radius 3 is 2.81 bits per heavy atom. The lowest BCUT2D eigenvalue weighted by molar-refractivity contribution is 0.0999. The van der Waals surface area contributed by atoms with Gasteiger partial charge < -0.3 is 15.5 Å². The summed E-state index contributed by atoms with van der Waals surface area (Å²) in [5, 5.41) is 3.95. The number of para-hydroxylation sites is 1. The predicted molar refractivity (Wildman–Crippen MR) is 84.8 cm³/mol. The number of nitrogens with two attached hydrogens (primary N) is 1. The number of carbonyl (C=O) groups excluding carboxylic acids is 1. The topological polar surface area (TPSA) is 68.3 Å². The standard InChI is InChI=1S/C16H13ClN2O2/c1-9-5-6-13-10(7-9)8-14(21-13)16(20)19-15-11(17)3-2-4-12(15)18/h2-8H,18H2,1H3,(H,19,20). The van der Waals surface area contributed by atoms with Crippen molar-refractivity contribution in [3.8, 4) is 0 Å². The third-order valence-electron chi connectivity index (χ3n) is 3.18. The predicted octanol–water partition coefficient (Wildman–Crippen LogP) is 4.23. The second kappa shape index (κ2) is 5.14. The molecule has 0 aliphatic rings. The Bertz CT molecular complexity index is 819. The van der Waals surface area contributed by atoms with Crippen LogP contribution in [0.3, 0.4) is 0 Å². The summed E-state index contributed by atoms with van der Waals surface area (Å²) < 4.78 is 5.54. The molecule has 1 heterocycles. The number of carbonyl (C=O) groups is 1. The molecule has 0 atom stereocenters. The molecular formula is C16H13ClN2O2. The van der Waals surface area contributed by atoms with E-state index in [0.29, 0.717) is 22.0 Å². The van der Waals surface area contributed by atoms with Gasteiger partial charge in [-0.3, -0.25) is 4.79 Å². The number of hydrogen-bond acceptors (Lipinski definition) is 3. The minimum Gasteiger partial charge on any atom is -0.451 e. The molecule has 0 aliphatic carbocycles. The second-order valence-electron chi connectivity index (χ2n) is 4.81. The Morgan fingerprint density at radius 1 is 1.24 bits per heavy atom. The van der Waals surface area contributed by atoms with Crippen LogP contribution in [0.1, 0.15) is 16.1 Å². The monoisotopic (exact) mass is 300 g/mol. The minimum atomic E-state index is -0.386. The lowest BCUT2D eigenvalue weighted by Gasteiger charge is -2.08. The third-order valence-corrected chi connectivity index (χ3v) is 3.49. The van der Waals surface area contributed by atoms with Crippen LogP contribution in [0.4, 0.5) is 11.4 Å². The highest BCUT2D eigenvalue weighted by Crippen LogP contribution is 2.29. The Hall–Kier alpha value is -2.46. The molecule has 3 rings (SSSR count). The molecule has 4 nitrogen and oxygen atoms in total. The van der Waals surface area contributed by atoms with Crippen molar-refractivity contribution in [3.63, 3.8) is 0 Å². The molecule has 0 radical (unpaired) electrons. The number of amides is 1. The Morgan fingerprint density at radius 2 is 2.05 bits per heavy atom. The number of fused-ring (bicyclic) bond motifs is 1. The molecule has 1 aromatic heterocycles. The number of benzene rings is 2. The van der Waals surface area contributed by atoms with Crippen molar-refractivity contribution in [1.29, 1.82) is 0 Å². The van der Waals surface area contributed by atoms with Crippen molar-refractivity contribution in [2.45, 2.75) is 6.92 Å². The number of furan rings is 1. The van der Waals surface area contributed by atoms with Crippen molar-refractivity contribution in [3.05, 3.63) is 58.8 Å². The number of aryl methyl sites for hydroxylation is 1. The number of nitrogen functional groups attached to an aromatic ring is 1. The average molecular weight is 301 g/mol. The third kappa shape index (κ3) is 2.58. The van der Waals surface area contributed by atoms with E-state index in [1.165, 1.54) is 0 Å². The fraction of sp³-hybridized carbons (Fsp3) is 0.0625. The van der Waals surface area contributed by atoms with Gasteiger partial charge in [0.1, 0.15) is 5.58 Å². The lowest BCUT2D eigenvalue weighted by atomic mass is 10.2. The zero-order chi connectivity index (χ0) is 15.0. The molecule has 3 N–H and O–H groups in total. The maximum atomic E-state index is 12.3. The number of halogens is 1. The highest BCUT2D eigenvalue weighted by atomic mass is 35.5. The van der Waals surface area contributed by atoms with E-state index in [1.54, 1.807) is 24.3 Å².